The van der Waals surface area contributed by atoms with Crippen LogP contribution in [0.4, 0.5) is 0 Å². The van der Waals surface area contributed by atoms with Gasteiger partial charge in [0.25, 0.3) is 0 Å². The molecule has 0 spiro atoms. The Balaban J connectivity index is 2.31. The summed E-state index contributed by atoms with van der Waals surface area (Å²) in [6, 6.07) is 5.51. The van der Waals surface area contributed by atoms with Crippen LogP contribution in [0.1, 0.15) is 24.8 Å². The predicted molar refractivity (Wildman–Crippen MR) is 68.6 cm³/mol. The van der Waals surface area contributed by atoms with Crippen molar-refractivity contribution in [1.29, 1.82) is 0 Å². The van der Waals surface area contributed by atoms with Gasteiger partial charge in [-0.25, -0.2) is 0 Å². The van der Waals surface area contributed by atoms with Crippen LogP contribution in [0.5, 0.6) is 5.75 Å². The van der Waals surface area contributed by atoms with Gasteiger partial charge in [0.2, 0.25) is 0 Å². The van der Waals surface area contributed by atoms with E-state index in [0.29, 0.717) is 10.8 Å². The fourth-order valence-corrected chi connectivity index (χ4v) is 2.48. The highest BCUT2D eigenvalue weighted by molar-refractivity contribution is 6.32. The van der Waals surface area contributed by atoms with Crippen LogP contribution in [0.25, 0.3) is 0 Å². The first-order valence-electron chi connectivity index (χ1n) is 5.93. The number of ether oxygens (including phenoxy) is 1. The second-order valence-electron chi connectivity index (χ2n) is 4.48. The molecule has 1 saturated heterocycles. The summed E-state index contributed by atoms with van der Waals surface area (Å²) in [5.74, 6) is 0.620. The Morgan fingerprint density at radius 1 is 1.35 bits per heavy atom. The Kier molecular flexibility index (Phi) is 3.92. The number of nitrogens with one attached hydrogen (secondary N) is 1. The molecular formula is C13H18ClNO2. The average molecular weight is 256 g/mol. The molecule has 0 amide bonds. The van der Waals surface area contributed by atoms with E-state index in [9.17, 15) is 5.11 Å². The zero-order valence-electron chi connectivity index (χ0n) is 10.0. The SMILES string of the molecule is COc1cc(C2(O)CCCNCC2)ccc1Cl. The fraction of sp³-hybridized carbons (Fsp3) is 0.538. The molecule has 2 N–H and O–H groups in total. The highest BCUT2D eigenvalue weighted by Crippen LogP contribution is 2.35. The molecule has 4 heteroatoms. The Morgan fingerprint density at radius 2 is 2.18 bits per heavy atom. The topological polar surface area (TPSA) is 41.5 Å². The number of hydrogen-bond acceptors (Lipinski definition) is 3. The van der Waals surface area contributed by atoms with Gasteiger partial charge in [-0.15, -0.1) is 0 Å². The van der Waals surface area contributed by atoms with Crippen LogP contribution in [0.3, 0.4) is 0 Å². The van der Waals surface area contributed by atoms with Gasteiger partial charge in [0.1, 0.15) is 5.75 Å². The molecule has 0 saturated carbocycles. The maximum absolute atomic E-state index is 10.7. The lowest BCUT2D eigenvalue weighted by molar-refractivity contribution is 0.0238. The van der Waals surface area contributed by atoms with Crippen LogP contribution in [0.2, 0.25) is 5.02 Å². The number of hydrogen-bond donors (Lipinski definition) is 2. The molecule has 0 aliphatic carbocycles. The van der Waals surface area contributed by atoms with Crippen LogP contribution in [0.15, 0.2) is 18.2 Å². The lowest BCUT2D eigenvalue weighted by Crippen LogP contribution is -2.27. The van der Waals surface area contributed by atoms with Crippen molar-refractivity contribution in [3.8, 4) is 5.75 Å². The van der Waals surface area contributed by atoms with Gasteiger partial charge in [-0.05, 0) is 50.0 Å². The van der Waals surface area contributed by atoms with E-state index in [-0.39, 0.29) is 0 Å². The maximum atomic E-state index is 10.7. The number of aliphatic hydroxyl groups is 1. The standard InChI is InChI=1S/C13H18ClNO2/c1-17-12-9-10(3-4-11(12)14)13(16)5-2-7-15-8-6-13/h3-4,9,15-16H,2,5-8H2,1H3. The zero-order chi connectivity index (χ0) is 12.3. The summed E-state index contributed by atoms with van der Waals surface area (Å²) < 4.78 is 5.19. The number of benzene rings is 1. The molecule has 94 valence electrons. The van der Waals surface area contributed by atoms with E-state index in [1.807, 2.05) is 12.1 Å². The minimum absolute atomic E-state index is 0.576. The molecule has 1 aliphatic rings. The van der Waals surface area contributed by atoms with Crippen molar-refractivity contribution in [1.82, 2.24) is 5.32 Å². The Labute approximate surface area is 107 Å². The minimum atomic E-state index is -0.763. The lowest BCUT2D eigenvalue weighted by atomic mass is 9.87. The first kappa shape index (κ1) is 12.7. The Bertz CT molecular complexity index is 387. The van der Waals surface area contributed by atoms with Gasteiger partial charge in [0.15, 0.2) is 0 Å². The van der Waals surface area contributed by atoms with Crippen molar-refractivity contribution in [3.05, 3.63) is 28.8 Å². The van der Waals surface area contributed by atoms with Crippen molar-refractivity contribution in [2.24, 2.45) is 0 Å². The van der Waals surface area contributed by atoms with Crippen molar-refractivity contribution in [2.75, 3.05) is 20.2 Å². The summed E-state index contributed by atoms with van der Waals surface area (Å²) in [7, 11) is 1.59. The molecule has 0 radical (unpaired) electrons. The van der Waals surface area contributed by atoms with E-state index in [1.54, 1.807) is 13.2 Å². The van der Waals surface area contributed by atoms with Crippen LogP contribution in [0, 0.1) is 0 Å². The van der Waals surface area contributed by atoms with Gasteiger partial charge in [0.05, 0.1) is 17.7 Å². The quantitative estimate of drug-likeness (QED) is 0.852. The van der Waals surface area contributed by atoms with Crippen LogP contribution in [-0.2, 0) is 5.60 Å². The van der Waals surface area contributed by atoms with E-state index in [4.69, 9.17) is 16.3 Å². The van der Waals surface area contributed by atoms with E-state index in [1.165, 1.54) is 0 Å². The largest absolute Gasteiger partial charge is 0.495 e. The van der Waals surface area contributed by atoms with Gasteiger partial charge in [-0.1, -0.05) is 17.7 Å². The first-order valence-corrected chi connectivity index (χ1v) is 6.31. The van der Waals surface area contributed by atoms with Crippen molar-refractivity contribution < 1.29 is 9.84 Å². The molecule has 17 heavy (non-hydrogen) atoms. The molecular weight excluding hydrogens is 238 g/mol. The average Bonchev–Trinajstić information content (AvgIpc) is 2.55. The molecule has 1 heterocycles. The predicted octanol–water partition coefficient (Wildman–Crippen LogP) is 2.31. The molecule has 1 aromatic rings. The monoisotopic (exact) mass is 255 g/mol. The highest BCUT2D eigenvalue weighted by Gasteiger charge is 2.30. The second-order valence-corrected chi connectivity index (χ2v) is 4.89. The molecule has 1 unspecified atom stereocenters. The minimum Gasteiger partial charge on any atom is -0.495 e. The second kappa shape index (κ2) is 5.25. The van der Waals surface area contributed by atoms with Gasteiger partial charge in [0, 0.05) is 0 Å². The first-order chi connectivity index (χ1) is 8.15. The zero-order valence-corrected chi connectivity index (χ0v) is 10.8. The summed E-state index contributed by atoms with van der Waals surface area (Å²) in [6.07, 6.45) is 2.46. The van der Waals surface area contributed by atoms with E-state index >= 15 is 0 Å². The third-order valence-electron chi connectivity index (χ3n) is 3.35. The van der Waals surface area contributed by atoms with Gasteiger partial charge in [-0.2, -0.15) is 0 Å². The Hall–Kier alpha value is -0.770. The van der Waals surface area contributed by atoms with Crippen molar-refractivity contribution in [2.45, 2.75) is 24.9 Å². The lowest BCUT2D eigenvalue weighted by Gasteiger charge is -2.27. The summed E-state index contributed by atoms with van der Waals surface area (Å²) >= 11 is 5.99. The number of halogens is 1. The molecule has 0 aromatic heterocycles. The summed E-state index contributed by atoms with van der Waals surface area (Å²) in [5.41, 5.74) is 0.129. The summed E-state index contributed by atoms with van der Waals surface area (Å²) in [6.45, 7) is 1.80. The third kappa shape index (κ3) is 2.73. The van der Waals surface area contributed by atoms with Crippen LogP contribution >= 0.6 is 11.6 Å². The normalized spacial score (nSPS) is 25.4. The molecule has 2 rings (SSSR count). The molecule has 1 fully saturated rings. The molecule has 1 atom stereocenters. The van der Waals surface area contributed by atoms with Crippen LogP contribution in [-0.4, -0.2) is 25.3 Å². The number of methoxy groups -OCH3 is 1. The molecule has 1 aromatic carbocycles. The number of rotatable bonds is 2. The van der Waals surface area contributed by atoms with Gasteiger partial charge >= 0.3 is 0 Å². The highest BCUT2D eigenvalue weighted by atomic mass is 35.5. The smallest absolute Gasteiger partial charge is 0.137 e. The summed E-state index contributed by atoms with van der Waals surface area (Å²) in [5, 5.41) is 14.6. The van der Waals surface area contributed by atoms with E-state index < -0.39 is 5.60 Å². The third-order valence-corrected chi connectivity index (χ3v) is 3.66. The molecule has 3 nitrogen and oxygen atoms in total. The fourth-order valence-electron chi connectivity index (χ4n) is 2.29. The van der Waals surface area contributed by atoms with Crippen molar-refractivity contribution in [3.63, 3.8) is 0 Å². The van der Waals surface area contributed by atoms with Crippen LogP contribution < -0.4 is 10.1 Å². The van der Waals surface area contributed by atoms with E-state index in [0.717, 1.165) is 37.9 Å². The van der Waals surface area contributed by atoms with Crippen molar-refractivity contribution >= 4 is 11.6 Å². The van der Waals surface area contributed by atoms with E-state index in [2.05, 4.69) is 5.32 Å². The van der Waals surface area contributed by atoms with Gasteiger partial charge in [-0.3, -0.25) is 0 Å². The van der Waals surface area contributed by atoms with Gasteiger partial charge < -0.3 is 15.2 Å². The molecule has 0 bridgehead atoms. The molecule has 1 aliphatic heterocycles. The Morgan fingerprint density at radius 3 is 2.94 bits per heavy atom. The summed E-state index contributed by atoms with van der Waals surface area (Å²) in [4.78, 5) is 0. The maximum Gasteiger partial charge on any atom is 0.137 e.